The van der Waals surface area contributed by atoms with Crippen molar-refractivity contribution in [1.82, 2.24) is 10.3 Å². The molecule has 0 atom stereocenters. The van der Waals surface area contributed by atoms with Gasteiger partial charge in [-0.2, -0.15) is 0 Å². The number of thiazole rings is 1. The van der Waals surface area contributed by atoms with E-state index >= 15 is 0 Å². The SMILES string of the molecule is COc1ccc(C(=O)NCc2nc(C)cs2)c(O)c1. The first-order valence-corrected chi connectivity index (χ1v) is 6.54. The first-order chi connectivity index (χ1) is 9.10. The van der Waals surface area contributed by atoms with Crippen molar-refractivity contribution in [3.05, 3.63) is 39.8 Å². The number of aromatic nitrogens is 1. The van der Waals surface area contributed by atoms with Crippen molar-refractivity contribution in [2.24, 2.45) is 0 Å². The normalized spacial score (nSPS) is 10.2. The van der Waals surface area contributed by atoms with Crippen LogP contribution in [0.3, 0.4) is 0 Å². The number of hydrogen-bond donors (Lipinski definition) is 2. The molecule has 2 aromatic rings. The zero-order valence-electron chi connectivity index (χ0n) is 10.6. The van der Waals surface area contributed by atoms with Gasteiger partial charge in [-0.25, -0.2) is 4.98 Å². The summed E-state index contributed by atoms with van der Waals surface area (Å²) in [4.78, 5) is 16.2. The van der Waals surface area contributed by atoms with Crippen LogP contribution < -0.4 is 10.1 Å². The number of nitrogens with one attached hydrogen (secondary N) is 1. The molecule has 2 rings (SSSR count). The minimum absolute atomic E-state index is 0.104. The molecule has 2 N–H and O–H groups in total. The third kappa shape index (κ3) is 3.23. The van der Waals surface area contributed by atoms with E-state index in [-0.39, 0.29) is 17.2 Å². The number of carbonyl (C=O) groups is 1. The van der Waals surface area contributed by atoms with Gasteiger partial charge in [-0.05, 0) is 19.1 Å². The molecule has 0 saturated carbocycles. The van der Waals surface area contributed by atoms with Crippen LogP contribution in [0.2, 0.25) is 0 Å². The highest BCUT2D eigenvalue weighted by Crippen LogP contribution is 2.23. The quantitative estimate of drug-likeness (QED) is 0.898. The van der Waals surface area contributed by atoms with Crippen LogP contribution in [-0.4, -0.2) is 23.1 Å². The zero-order chi connectivity index (χ0) is 13.8. The van der Waals surface area contributed by atoms with Crippen LogP contribution in [0, 0.1) is 6.92 Å². The monoisotopic (exact) mass is 278 g/mol. The molecule has 19 heavy (non-hydrogen) atoms. The van der Waals surface area contributed by atoms with E-state index in [0.29, 0.717) is 12.3 Å². The van der Waals surface area contributed by atoms with E-state index in [1.165, 1.54) is 30.6 Å². The van der Waals surface area contributed by atoms with Crippen molar-refractivity contribution in [3.63, 3.8) is 0 Å². The summed E-state index contributed by atoms with van der Waals surface area (Å²) in [5, 5.41) is 15.2. The molecule has 1 aromatic heterocycles. The highest BCUT2D eigenvalue weighted by Gasteiger charge is 2.12. The summed E-state index contributed by atoms with van der Waals surface area (Å²) in [5.74, 6) is 0.0600. The molecule has 1 aromatic carbocycles. The van der Waals surface area contributed by atoms with Crippen LogP contribution in [0.25, 0.3) is 0 Å². The number of methoxy groups -OCH3 is 1. The topological polar surface area (TPSA) is 71.5 Å². The van der Waals surface area contributed by atoms with Gasteiger partial charge in [0, 0.05) is 17.1 Å². The summed E-state index contributed by atoms with van der Waals surface area (Å²) in [6, 6.07) is 4.56. The predicted octanol–water partition coefficient (Wildman–Crippen LogP) is 2.10. The second-order valence-electron chi connectivity index (χ2n) is 3.95. The Morgan fingerprint density at radius 1 is 1.53 bits per heavy atom. The molecule has 6 heteroatoms. The van der Waals surface area contributed by atoms with Gasteiger partial charge in [0.2, 0.25) is 0 Å². The van der Waals surface area contributed by atoms with Gasteiger partial charge in [0.25, 0.3) is 5.91 Å². The Balaban J connectivity index is 2.03. The summed E-state index contributed by atoms with van der Waals surface area (Å²) >= 11 is 1.49. The van der Waals surface area contributed by atoms with Crippen LogP contribution >= 0.6 is 11.3 Å². The van der Waals surface area contributed by atoms with Gasteiger partial charge < -0.3 is 15.2 Å². The van der Waals surface area contributed by atoms with Gasteiger partial charge in [-0.3, -0.25) is 4.79 Å². The minimum atomic E-state index is -0.340. The summed E-state index contributed by atoms with van der Waals surface area (Å²) in [6.45, 7) is 2.25. The maximum absolute atomic E-state index is 11.9. The maximum Gasteiger partial charge on any atom is 0.255 e. The van der Waals surface area contributed by atoms with Crippen LogP contribution in [-0.2, 0) is 6.54 Å². The lowest BCUT2D eigenvalue weighted by atomic mass is 10.2. The average Bonchev–Trinajstić information content (AvgIpc) is 2.81. The van der Waals surface area contributed by atoms with E-state index in [4.69, 9.17) is 4.74 Å². The highest BCUT2D eigenvalue weighted by atomic mass is 32.1. The van der Waals surface area contributed by atoms with Gasteiger partial charge >= 0.3 is 0 Å². The molecule has 0 aliphatic rings. The van der Waals surface area contributed by atoms with Gasteiger partial charge in [-0.1, -0.05) is 0 Å². The third-order valence-corrected chi connectivity index (χ3v) is 3.48. The van der Waals surface area contributed by atoms with E-state index in [2.05, 4.69) is 10.3 Å². The van der Waals surface area contributed by atoms with E-state index in [1.807, 2.05) is 12.3 Å². The molecular formula is C13H14N2O3S. The zero-order valence-corrected chi connectivity index (χ0v) is 11.5. The highest BCUT2D eigenvalue weighted by molar-refractivity contribution is 7.09. The van der Waals surface area contributed by atoms with Gasteiger partial charge in [0.05, 0.1) is 19.2 Å². The molecule has 0 saturated heterocycles. The van der Waals surface area contributed by atoms with Crippen molar-refractivity contribution < 1.29 is 14.6 Å². The molecule has 1 amide bonds. The number of rotatable bonds is 4. The molecule has 0 radical (unpaired) electrons. The van der Waals surface area contributed by atoms with Crippen LogP contribution in [0.1, 0.15) is 21.1 Å². The first-order valence-electron chi connectivity index (χ1n) is 5.66. The second-order valence-corrected chi connectivity index (χ2v) is 4.89. The van der Waals surface area contributed by atoms with Gasteiger partial charge in [0.1, 0.15) is 16.5 Å². The molecule has 1 heterocycles. The summed E-state index contributed by atoms with van der Waals surface area (Å²) < 4.78 is 4.96. The number of benzene rings is 1. The van der Waals surface area contributed by atoms with Crippen molar-refractivity contribution in [2.75, 3.05) is 7.11 Å². The van der Waals surface area contributed by atoms with E-state index in [9.17, 15) is 9.90 Å². The van der Waals surface area contributed by atoms with E-state index in [0.717, 1.165) is 10.7 Å². The maximum atomic E-state index is 11.9. The largest absolute Gasteiger partial charge is 0.507 e. The number of nitrogens with zero attached hydrogens (tertiary/aromatic N) is 1. The van der Waals surface area contributed by atoms with Crippen LogP contribution in [0.15, 0.2) is 23.6 Å². The Morgan fingerprint density at radius 2 is 2.32 bits per heavy atom. The molecule has 100 valence electrons. The molecule has 0 aliphatic carbocycles. The number of aryl methyl sites for hydroxylation is 1. The molecule has 5 nitrogen and oxygen atoms in total. The predicted molar refractivity (Wildman–Crippen MR) is 72.7 cm³/mol. The molecule has 0 unspecified atom stereocenters. The van der Waals surface area contributed by atoms with Crippen LogP contribution in [0.4, 0.5) is 0 Å². The number of carbonyl (C=O) groups excluding carboxylic acids is 1. The molecular weight excluding hydrogens is 264 g/mol. The van der Waals surface area contributed by atoms with E-state index in [1.54, 1.807) is 6.07 Å². The van der Waals surface area contributed by atoms with E-state index < -0.39 is 0 Å². The molecule has 0 bridgehead atoms. The Labute approximate surface area is 114 Å². The van der Waals surface area contributed by atoms with Crippen molar-refractivity contribution in [3.8, 4) is 11.5 Å². The number of hydrogen-bond acceptors (Lipinski definition) is 5. The molecule has 0 aliphatic heterocycles. The lowest BCUT2D eigenvalue weighted by Crippen LogP contribution is -2.22. The summed E-state index contributed by atoms with van der Waals surface area (Å²) in [6.07, 6.45) is 0. The summed E-state index contributed by atoms with van der Waals surface area (Å²) in [5.41, 5.74) is 1.15. The number of aromatic hydroxyl groups is 1. The number of phenolic OH excluding ortho intramolecular Hbond substituents is 1. The van der Waals surface area contributed by atoms with Crippen molar-refractivity contribution in [1.29, 1.82) is 0 Å². The lowest BCUT2D eigenvalue weighted by Gasteiger charge is -2.07. The molecule has 0 fully saturated rings. The fourth-order valence-corrected chi connectivity index (χ4v) is 2.28. The Kier molecular flexibility index (Phi) is 4.01. The Hall–Kier alpha value is -2.08. The summed E-state index contributed by atoms with van der Waals surface area (Å²) in [7, 11) is 1.50. The smallest absolute Gasteiger partial charge is 0.255 e. The molecule has 0 spiro atoms. The van der Waals surface area contributed by atoms with Crippen LogP contribution in [0.5, 0.6) is 11.5 Å². The fourth-order valence-electron chi connectivity index (χ4n) is 1.57. The minimum Gasteiger partial charge on any atom is -0.507 e. The van der Waals surface area contributed by atoms with Gasteiger partial charge in [-0.15, -0.1) is 11.3 Å². The Bertz CT molecular complexity index is 595. The number of amides is 1. The van der Waals surface area contributed by atoms with Gasteiger partial charge in [0.15, 0.2) is 0 Å². The average molecular weight is 278 g/mol. The number of ether oxygens (including phenoxy) is 1. The third-order valence-electron chi connectivity index (χ3n) is 2.52. The van der Waals surface area contributed by atoms with Crippen molar-refractivity contribution in [2.45, 2.75) is 13.5 Å². The lowest BCUT2D eigenvalue weighted by molar-refractivity contribution is 0.0948. The van der Waals surface area contributed by atoms with Crippen molar-refractivity contribution >= 4 is 17.2 Å². The standard InChI is InChI=1S/C13H14N2O3S/c1-8-7-19-12(15-8)6-14-13(17)10-4-3-9(18-2)5-11(10)16/h3-5,7,16H,6H2,1-2H3,(H,14,17). The second kappa shape index (κ2) is 5.71. The fraction of sp³-hybridized carbons (Fsp3) is 0.231. The number of phenols is 1. The Morgan fingerprint density at radius 3 is 2.89 bits per heavy atom. The first kappa shape index (κ1) is 13.4.